The number of fused-ring (bicyclic) bond motifs is 1. The molecule has 0 radical (unpaired) electrons. The Morgan fingerprint density at radius 1 is 1.10 bits per heavy atom. The van der Waals surface area contributed by atoms with Crippen LogP contribution in [0.3, 0.4) is 0 Å². The van der Waals surface area contributed by atoms with Crippen LogP contribution in [0.25, 0.3) is 11.0 Å². The van der Waals surface area contributed by atoms with Gasteiger partial charge in [-0.05, 0) is 36.4 Å². The summed E-state index contributed by atoms with van der Waals surface area (Å²) in [4.78, 5) is 26.3. The molecule has 3 N–H and O–H groups in total. The number of H-pyrrole nitrogens is 1. The maximum atomic E-state index is 11.9. The minimum atomic E-state index is -0.526. The predicted molar refractivity (Wildman–Crippen MR) is 79.6 cm³/mol. The van der Waals surface area contributed by atoms with Crippen molar-refractivity contribution in [2.45, 2.75) is 0 Å². The van der Waals surface area contributed by atoms with Gasteiger partial charge < -0.3 is 9.40 Å². The molecule has 0 atom stereocenters. The van der Waals surface area contributed by atoms with Crippen LogP contribution in [0.2, 0.25) is 0 Å². The third kappa shape index (κ3) is 2.82. The number of halogens is 1. The highest BCUT2D eigenvalue weighted by Crippen LogP contribution is 2.23. The summed E-state index contributed by atoms with van der Waals surface area (Å²) < 4.78 is 6.31. The Morgan fingerprint density at radius 3 is 2.67 bits per heavy atom. The molecule has 1 aromatic carbocycles. The third-order valence-electron chi connectivity index (χ3n) is 2.83. The summed E-state index contributed by atoms with van der Waals surface area (Å²) in [5.41, 5.74) is 5.55. The lowest BCUT2D eigenvalue weighted by molar-refractivity contribution is 0.0830. The lowest BCUT2D eigenvalue weighted by Crippen LogP contribution is -2.41. The molecule has 6 nitrogen and oxygen atoms in total. The highest BCUT2D eigenvalue weighted by Gasteiger charge is 2.14. The third-order valence-corrected chi connectivity index (χ3v) is 3.33. The van der Waals surface area contributed by atoms with Crippen LogP contribution in [-0.4, -0.2) is 16.8 Å². The SMILES string of the molecule is O=C(NNC(=O)c1cc2cc(Br)ccc2o1)c1ccc[nH]1. The second-order valence-electron chi connectivity index (χ2n) is 4.28. The molecule has 0 aliphatic heterocycles. The number of nitrogens with one attached hydrogen (secondary N) is 3. The van der Waals surface area contributed by atoms with E-state index in [-0.39, 0.29) is 5.76 Å². The molecule has 0 saturated heterocycles. The standard InChI is InChI=1S/C14H10BrN3O3/c15-9-3-4-11-8(6-9)7-12(21-11)14(20)18-17-13(19)10-2-1-5-16-10/h1-7,16H,(H,17,19)(H,18,20). The summed E-state index contributed by atoms with van der Waals surface area (Å²) >= 11 is 3.35. The highest BCUT2D eigenvalue weighted by molar-refractivity contribution is 9.10. The maximum Gasteiger partial charge on any atom is 0.305 e. The summed E-state index contributed by atoms with van der Waals surface area (Å²) in [6.45, 7) is 0. The molecule has 0 saturated carbocycles. The van der Waals surface area contributed by atoms with Gasteiger partial charge >= 0.3 is 5.91 Å². The lowest BCUT2D eigenvalue weighted by Gasteiger charge is -2.03. The first-order valence-electron chi connectivity index (χ1n) is 6.06. The van der Waals surface area contributed by atoms with Crippen molar-refractivity contribution in [3.63, 3.8) is 0 Å². The molecular weight excluding hydrogens is 338 g/mol. The van der Waals surface area contributed by atoms with Crippen molar-refractivity contribution < 1.29 is 14.0 Å². The zero-order valence-corrected chi connectivity index (χ0v) is 12.2. The molecule has 7 heteroatoms. The van der Waals surface area contributed by atoms with Gasteiger partial charge in [-0.2, -0.15) is 0 Å². The Kier molecular flexibility index (Phi) is 3.49. The summed E-state index contributed by atoms with van der Waals surface area (Å²) in [5.74, 6) is -0.843. The van der Waals surface area contributed by atoms with Gasteiger partial charge in [-0.15, -0.1) is 0 Å². The van der Waals surface area contributed by atoms with E-state index in [4.69, 9.17) is 4.42 Å². The molecule has 2 heterocycles. The van der Waals surface area contributed by atoms with E-state index in [1.807, 2.05) is 12.1 Å². The van der Waals surface area contributed by atoms with Crippen molar-refractivity contribution in [3.05, 3.63) is 58.5 Å². The van der Waals surface area contributed by atoms with E-state index in [9.17, 15) is 9.59 Å². The second kappa shape index (κ2) is 5.45. The number of aromatic nitrogens is 1. The van der Waals surface area contributed by atoms with E-state index in [2.05, 4.69) is 31.8 Å². The number of carbonyl (C=O) groups excluding carboxylic acids is 2. The van der Waals surface area contributed by atoms with Gasteiger partial charge in [-0.25, -0.2) is 0 Å². The number of hydrogen-bond acceptors (Lipinski definition) is 3. The van der Waals surface area contributed by atoms with Gasteiger partial charge in [0, 0.05) is 16.1 Å². The van der Waals surface area contributed by atoms with Gasteiger partial charge in [0.1, 0.15) is 11.3 Å². The van der Waals surface area contributed by atoms with Gasteiger partial charge in [0.25, 0.3) is 5.91 Å². The second-order valence-corrected chi connectivity index (χ2v) is 5.20. The van der Waals surface area contributed by atoms with Crippen molar-refractivity contribution in [2.24, 2.45) is 0 Å². The quantitative estimate of drug-likeness (QED) is 0.622. The van der Waals surface area contributed by atoms with Crippen molar-refractivity contribution in [1.82, 2.24) is 15.8 Å². The number of hydrogen-bond donors (Lipinski definition) is 3. The predicted octanol–water partition coefficient (Wildman–Crippen LogP) is 2.60. The molecule has 0 unspecified atom stereocenters. The van der Waals surface area contributed by atoms with Gasteiger partial charge in [0.15, 0.2) is 5.76 Å². The van der Waals surface area contributed by atoms with Crippen LogP contribution >= 0.6 is 15.9 Å². The molecule has 0 aliphatic carbocycles. The number of hydrazine groups is 1. The Balaban J connectivity index is 1.70. The molecule has 0 fully saturated rings. The number of benzene rings is 1. The first-order chi connectivity index (χ1) is 10.1. The van der Waals surface area contributed by atoms with Crippen molar-refractivity contribution in [1.29, 1.82) is 0 Å². The minimum Gasteiger partial charge on any atom is -0.451 e. The molecule has 21 heavy (non-hydrogen) atoms. The normalized spacial score (nSPS) is 10.5. The molecule has 0 bridgehead atoms. The molecule has 2 amide bonds. The van der Waals surface area contributed by atoms with Crippen LogP contribution < -0.4 is 10.9 Å². The van der Waals surface area contributed by atoms with Crippen LogP contribution in [0.1, 0.15) is 21.0 Å². The average Bonchev–Trinajstić information content (AvgIpc) is 3.12. The summed E-state index contributed by atoms with van der Waals surface area (Å²) in [5, 5.41) is 0.796. The first-order valence-corrected chi connectivity index (χ1v) is 6.86. The first kappa shape index (κ1) is 13.4. The summed E-state index contributed by atoms with van der Waals surface area (Å²) in [7, 11) is 0. The lowest BCUT2D eigenvalue weighted by atomic mass is 10.2. The largest absolute Gasteiger partial charge is 0.451 e. The van der Waals surface area contributed by atoms with Crippen LogP contribution in [0.5, 0.6) is 0 Å². The molecule has 2 aromatic heterocycles. The van der Waals surface area contributed by atoms with Crippen molar-refractivity contribution >= 4 is 38.7 Å². The monoisotopic (exact) mass is 347 g/mol. The number of aromatic amines is 1. The fourth-order valence-electron chi connectivity index (χ4n) is 1.84. The van der Waals surface area contributed by atoms with Gasteiger partial charge in [0.2, 0.25) is 0 Å². The van der Waals surface area contributed by atoms with Gasteiger partial charge in [0.05, 0.1) is 0 Å². The molecule has 106 valence electrons. The van der Waals surface area contributed by atoms with Gasteiger partial charge in [-0.3, -0.25) is 20.4 Å². The Morgan fingerprint density at radius 2 is 1.90 bits per heavy atom. The Labute approximate surface area is 127 Å². The van der Waals surface area contributed by atoms with E-state index in [0.717, 1.165) is 9.86 Å². The number of carbonyl (C=O) groups is 2. The van der Waals surface area contributed by atoms with Crippen LogP contribution in [-0.2, 0) is 0 Å². The molecule has 0 spiro atoms. The van der Waals surface area contributed by atoms with Gasteiger partial charge in [-0.1, -0.05) is 15.9 Å². The van der Waals surface area contributed by atoms with Crippen LogP contribution in [0.15, 0.2) is 51.5 Å². The molecule has 3 aromatic rings. The number of furan rings is 1. The highest BCUT2D eigenvalue weighted by atomic mass is 79.9. The van der Waals surface area contributed by atoms with E-state index in [1.165, 1.54) is 0 Å². The van der Waals surface area contributed by atoms with E-state index >= 15 is 0 Å². The Bertz CT molecular complexity index is 808. The van der Waals surface area contributed by atoms with Crippen LogP contribution in [0, 0.1) is 0 Å². The van der Waals surface area contributed by atoms with E-state index < -0.39 is 11.8 Å². The smallest absolute Gasteiger partial charge is 0.305 e. The van der Waals surface area contributed by atoms with Crippen molar-refractivity contribution in [3.8, 4) is 0 Å². The fraction of sp³-hybridized carbons (Fsp3) is 0. The Hall–Kier alpha value is -2.54. The maximum absolute atomic E-state index is 11.9. The summed E-state index contributed by atoms with van der Waals surface area (Å²) in [6.07, 6.45) is 1.62. The average molecular weight is 348 g/mol. The van der Waals surface area contributed by atoms with Crippen LogP contribution in [0.4, 0.5) is 0 Å². The van der Waals surface area contributed by atoms with E-state index in [1.54, 1.807) is 30.5 Å². The molecular formula is C14H10BrN3O3. The minimum absolute atomic E-state index is 0.120. The topological polar surface area (TPSA) is 87.1 Å². The van der Waals surface area contributed by atoms with E-state index in [0.29, 0.717) is 11.3 Å². The number of rotatable bonds is 2. The molecule has 3 rings (SSSR count). The van der Waals surface area contributed by atoms with Crippen molar-refractivity contribution in [2.75, 3.05) is 0 Å². The summed E-state index contributed by atoms with van der Waals surface area (Å²) in [6, 6.07) is 10.3. The zero-order chi connectivity index (χ0) is 14.8. The molecule has 0 aliphatic rings. The number of amides is 2. The zero-order valence-electron chi connectivity index (χ0n) is 10.6. The fourth-order valence-corrected chi connectivity index (χ4v) is 2.22.